The van der Waals surface area contributed by atoms with Crippen LogP contribution in [0.4, 0.5) is 16.9 Å². The minimum atomic E-state index is 0.218. The number of hydrogen-bond acceptors (Lipinski definition) is 7. The maximum absolute atomic E-state index is 4.76. The van der Waals surface area contributed by atoms with Gasteiger partial charge in [0.1, 0.15) is 5.82 Å². The predicted molar refractivity (Wildman–Crippen MR) is 91.0 cm³/mol. The van der Waals surface area contributed by atoms with Crippen molar-refractivity contribution in [1.29, 1.82) is 0 Å². The van der Waals surface area contributed by atoms with Crippen molar-refractivity contribution in [2.24, 2.45) is 0 Å². The fourth-order valence-electron chi connectivity index (χ4n) is 2.85. The molecule has 1 saturated heterocycles. The zero-order chi connectivity index (χ0) is 15.5. The number of rotatable bonds is 4. The molecule has 0 aliphatic carbocycles. The molecule has 1 atom stereocenters. The number of nitrogens with zero attached hydrogens (tertiary/aromatic N) is 5. The van der Waals surface area contributed by atoms with E-state index in [4.69, 9.17) is 4.98 Å². The van der Waals surface area contributed by atoms with Crippen molar-refractivity contribution < 1.29 is 0 Å². The monoisotopic (exact) mass is 324 g/mol. The van der Waals surface area contributed by atoms with Crippen LogP contribution in [0.15, 0.2) is 48.2 Å². The summed E-state index contributed by atoms with van der Waals surface area (Å²) in [6, 6.07) is 8.12. The van der Waals surface area contributed by atoms with Crippen LogP contribution in [0.1, 0.15) is 24.6 Å². The van der Waals surface area contributed by atoms with Crippen molar-refractivity contribution in [2.45, 2.75) is 18.9 Å². The molecule has 1 fully saturated rings. The van der Waals surface area contributed by atoms with Crippen molar-refractivity contribution >= 4 is 28.2 Å². The van der Waals surface area contributed by atoms with E-state index in [-0.39, 0.29) is 6.04 Å². The van der Waals surface area contributed by atoms with E-state index >= 15 is 0 Å². The summed E-state index contributed by atoms with van der Waals surface area (Å²) in [5.74, 6) is 1.59. The quantitative estimate of drug-likeness (QED) is 0.793. The molecule has 0 spiro atoms. The third-order valence-electron chi connectivity index (χ3n) is 3.84. The summed E-state index contributed by atoms with van der Waals surface area (Å²) in [7, 11) is 0. The fourth-order valence-corrected chi connectivity index (χ4v) is 3.39. The molecule has 23 heavy (non-hydrogen) atoms. The Hall–Kier alpha value is -2.54. The van der Waals surface area contributed by atoms with Gasteiger partial charge in [0.15, 0.2) is 5.13 Å². The van der Waals surface area contributed by atoms with Crippen molar-refractivity contribution in [3.8, 4) is 0 Å². The summed E-state index contributed by atoms with van der Waals surface area (Å²) in [6.07, 6.45) is 7.53. The molecule has 0 bridgehead atoms. The van der Waals surface area contributed by atoms with Gasteiger partial charge < -0.3 is 10.2 Å². The maximum atomic E-state index is 4.76. The molecule has 7 heteroatoms. The SMILES string of the molecule is c1cnc(N2CCCC2c2cccc(Nc3nccs3)n2)nc1. The lowest BCUT2D eigenvalue weighted by molar-refractivity contribution is 0.680. The lowest BCUT2D eigenvalue weighted by atomic mass is 10.1. The second kappa shape index (κ2) is 6.29. The van der Waals surface area contributed by atoms with Crippen LogP contribution in [-0.2, 0) is 0 Å². The van der Waals surface area contributed by atoms with Crippen molar-refractivity contribution in [3.05, 3.63) is 53.9 Å². The largest absolute Gasteiger partial charge is 0.332 e. The maximum Gasteiger partial charge on any atom is 0.225 e. The first kappa shape index (κ1) is 14.1. The van der Waals surface area contributed by atoms with Crippen LogP contribution in [0.25, 0.3) is 0 Å². The number of pyridine rings is 1. The van der Waals surface area contributed by atoms with Crippen molar-refractivity contribution in [3.63, 3.8) is 0 Å². The van der Waals surface area contributed by atoms with Gasteiger partial charge in [0.2, 0.25) is 5.95 Å². The molecule has 0 amide bonds. The van der Waals surface area contributed by atoms with Gasteiger partial charge in [0.05, 0.1) is 11.7 Å². The van der Waals surface area contributed by atoms with Crippen molar-refractivity contribution in [1.82, 2.24) is 19.9 Å². The van der Waals surface area contributed by atoms with Crippen LogP contribution >= 0.6 is 11.3 Å². The normalized spacial score (nSPS) is 17.4. The number of hydrogen-bond donors (Lipinski definition) is 1. The molecule has 3 aromatic rings. The van der Waals surface area contributed by atoms with Crippen LogP contribution in [0, 0.1) is 0 Å². The van der Waals surface area contributed by atoms with E-state index in [0.717, 1.165) is 42.0 Å². The highest BCUT2D eigenvalue weighted by atomic mass is 32.1. The summed E-state index contributed by atoms with van der Waals surface area (Å²) < 4.78 is 0. The fraction of sp³-hybridized carbons (Fsp3) is 0.250. The van der Waals surface area contributed by atoms with Gasteiger partial charge in [-0.25, -0.2) is 19.9 Å². The van der Waals surface area contributed by atoms with E-state index in [2.05, 4.69) is 31.2 Å². The highest BCUT2D eigenvalue weighted by Gasteiger charge is 2.29. The highest BCUT2D eigenvalue weighted by Crippen LogP contribution is 2.33. The lowest BCUT2D eigenvalue weighted by Gasteiger charge is -2.24. The van der Waals surface area contributed by atoms with Gasteiger partial charge in [-0.1, -0.05) is 6.07 Å². The number of aromatic nitrogens is 4. The van der Waals surface area contributed by atoms with E-state index in [1.807, 2.05) is 23.6 Å². The van der Waals surface area contributed by atoms with Gasteiger partial charge in [0, 0.05) is 30.5 Å². The summed E-state index contributed by atoms with van der Waals surface area (Å²) >= 11 is 1.56. The number of thiazole rings is 1. The Morgan fingerprint density at radius 3 is 2.83 bits per heavy atom. The summed E-state index contributed by atoms with van der Waals surface area (Å²) in [5, 5.41) is 6.04. The smallest absolute Gasteiger partial charge is 0.225 e. The molecule has 4 rings (SSSR count). The Morgan fingerprint density at radius 2 is 2.00 bits per heavy atom. The van der Waals surface area contributed by atoms with Crippen LogP contribution in [0.5, 0.6) is 0 Å². The Morgan fingerprint density at radius 1 is 1.09 bits per heavy atom. The Balaban J connectivity index is 1.59. The van der Waals surface area contributed by atoms with Gasteiger partial charge in [-0.2, -0.15) is 0 Å². The summed E-state index contributed by atoms with van der Waals surface area (Å²) in [4.78, 5) is 20.0. The van der Waals surface area contributed by atoms with Gasteiger partial charge in [0.25, 0.3) is 0 Å². The van der Waals surface area contributed by atoms with Gasteiger partial charge in [-0.05, 0) is 31.0 Å². The van der Waals surface area contributed by atoms with E-state index in [0.29, 0.717) is 0 Å². The first-order valence-electron chi connectivity index (χ1n) is 7.57. The van der Waals surface area contributed by atoms with Crippen LogP contribution < -0.4 is 10.2 Å². The average molecular weight is 324 g/mol. The molecule has 0 saturated carbocycles. The average Bonchev–Trinajstić information content (AvgIpc) is 3.27. The lowest BCUT2D eigenvalue weighted by Crippen LogP contribution is -2.25. The first-order chi connectivity index (χ1) is 11.4. The van der Waals surface area contributed by atoms with Gasteiger partial charge in [-0.15, -0.1) is 11.3 Å². The second-order valence-electron chi connectivity index (χ2n) is 5.31. The van der Waals surface area contributed by atoms with E-state index in [9.17, 15) is 0 Å². The molecule has 0 radical (unpaired) electrons. The molecule has 1 aliphatic heterocycles. The van der Waals surface area contributed by atoms with E-state index < -0.39 is 0 Å². The second-order valence-corrected chi connectivity index (χ2v) is 6.20. The molecule has 6 nitrogen and oxygen atoms in total. The Bertz CT molecular complexity index is 761. The molecule has 1 N–H and O–H groups in total. The standard InChI is InChI=1S/C16H16N6S/c1-4-12(20-14(6-1)21-16-19-9-11-23-16)13-5-2-10-22(13)15-17-7-3-8-18-15/h1,3-4,6-9,11,13H,2,5,10H2,(H,19,20,21). The summed E-state index contributed by atoms with van der Waals surface area (Å²) in [5.41, 5.74) is 1.04. The van der Waals surface area contributed by atoms with Crippen molar-refractivity contribution in [2.75, 3.05) is 16.8 Å². The molecular formula is C16H16N6S. The van der Waals surface area contributed by atoms with E-state index in [1.165, 1.54) is 0 Å². The Kier molecular flexibility index (Phi) is 3.85. The molecule has 1 aliphatic rings. The molecule has 0 aromatic carbocycles. The third-order valence-corrected chi connectivity index (χ3v) is 4.53. The Labute approximate surface area is 138 Å². The van der Waals surface area contributed by atoms with Crippen LogP contribution in [0.3, 0.4) is 0 Å². The first-order valence-corrected chi connectivity index (χ1v) is 8.45. The zero-order valence-electron chi connectivity index (χ0n) is 12.5. The van der Waals surface area contributed by atoms with Gasteiger partial charge in [-0.3, -0.25) is 0 Å². The molecule has 4 heterocycles. The molecule has 116 valence electrons. The third kappa shape index (κ3) is 3.00. The molecule has 3 aromatic heterocycles. The molecule has 1 unspecified atom stereocenters. The topological polar surface area (TPSA) is 66.8 Å². The number of nitrogens with one attached hydrogen (secondary N) is 1. The summed E-state index contributed by atoms with van der Waals surface area (Å²) in [6.45, 7) is 0.959. The number of anilines is 3. The predicted octanol–water partition coefficient (Wildman–Crippen LogP) is 3.41. The van der Waals surface area contributed by atoms with Crippen LogP contribution in [0.2, 0.25) is 0 Å². The zero-order valence-corrected chi connectivity index (χ0v) is 13.3. The van der Waals surface area contributed by atoms with Crippen LogP contribution in [-0.4, -0.2) is 26.5 Å². The minimum Gasteiger partial charge on any atom is -0.332 e. The van der Waals surface area contributed by atoms with E-state index in [1.54, 1.807) is 29.9 Å². The minimum absolute atomic E-state index is 0.218. The van der Waals surface area contributed by atoms with Gasteiger partial charge >= 0.3 is 0 Å². The molecular weight excluding hydrogens is 308 g/mol. The highest BCUT2D eigenvalue weighted by molar-refractivity contribution is 7.13.